The summed E-state index contributed by atoms with van der Waals surface area (Å²) in [6, 6.07) is 6.71. The van der Waals surface area contributed by atoms with Gasteiger partial charge in [-0.3, -0.25) is 4.79 Å². The van der Waals surface area contributed by atoms with Gasteiger partial charge in [0.25, 0.3) is 5.91 Å². The molecule has 6 nitrogen and oxygen atoms in total. The molecule has 0 aliphatic rings. The Morgan fingerprint density at radius 2 is 1.75 bits per heavy atom. The van der Waals surface area contributed by atoms with Crippen LogP contribution in [0.15, 0.2) is 30.3 Å². The second kappa shape index (κ2) is 7.02. The van der Waals surface area contributed by atoms with E-state index in [-0.39, 0.29) is 5.92 Å². The first-order valence-electron chi connectivity index (χ1n) is 6.36. The first-order chi connectivity index (χ1) is 9.34. The molecule has 0 spiro atoms. The van der Waals surface area contributed by atoms with E-state index in [9.17, 15) is 14.7 Å². The molecule has 3 atom stereocenters. The number of hydrogen-bond donors (Lipinski definition) is 4. The van der Waals surface area contributed by atoms with Crippen molar-refractivity contribution in [1.82, 2.24) is 5.32 Å². The number of carbonyl (C=O) groups is 2. The molecule has 1 aromatic carbocycles. The van der Waals surface area contributed by atoms with E-state index in [4.69, 9.17) is 10.8 Å². The minimum Gasteiger partial charge on any atom is -0.480 e. The highest BCUT2D eigenvalue weighted by atomic mass is 16.4. The molecule has 0 heterocycles. The van der Waals surface area contributed by atoms with Crippen molar-refractivity contribution in [3.8, 4) is 0 Å². The first kappa shape index (κ1) is 16.1. The summed E-state index contributed by atoms with van der Waals surface area (Å²) in [5, 5.41) is 21.2. The standard InChI is InChI=1S/C14H20N2O4/c1-8(2)11(14(19)20)16-13(18)12(17)10(15)9-6-4-3-5-7-9/h3-8,10-12,17H,15H2,1-2H3,(H,16,18)(H,19,20)/t10-,11-,12+/m0/s1. The van der Waals surface area contributed by atoms with Crippen molar-refractivity contribution in [1.29, 1.82) is 0 Å². The van der Waals surface area contributed by atoms with Crippen LogP contribution < -0.4 is 11.1 Å². The van der Waals surface area contributed by atoms with E-state index in [0.29, 0.717) is 5.56 Å². The lowest BCUT2D eigenvalue weighted by Crippen LogP contribution is -2.50. The zero-order chi connectivity index (χ0) is 15.3. The molecule has 0 aliphatic carbocycles. The van der Waals surface area contributed by atoms with Crippen LogP contribution in [0.2, 0.25) is 0 Å². The van der Waals surface area contributed by atoms with E-state index in [1.54, 1.807) is 44.2 Å². The second-order valence-electron chi connectivity index (χ2n) is 4.95. The Morgan fingerprint density at radius 1 is 1.20 bits per heavy atom. The number of rotatable bonds is 6. The van der Waals surface area contributed by atoms with Gasteiger partial charge in [0.05, 0.1) is 6.04 Å². The number of nitrogens with one attached hydrogen (secondary N) is 1. The molecule has 0 aromatic heterocycles. The fourth-order valence-corrected chi connectivity index (χ4v) is 1.77. The smallest absolute Gasteiger partial charge is 0.326 e. The van der Waals surface area contributed by atoms with Crippen LogP contribution >= 0.6 is 0 Å². The molecule has 1 aromatic rings. The molecule has 0 saturated carbocycles. The van der Waals surface area contributed by atoms with Crippen LogP contribution in [-0.4, -0.2) is 34.2 Å². The van der Waals surface area contributed by atoms with Gasteiger partial charge in [0.1, 0.15) is 6.04 Å². The molecule has 0 unspecified atom stereocenters. The fourth-order valence-electron chi connectivity index (χ4n) is 1.77. The summed E-state index contributed by atoms with van der Waals surface area (Å²) >= 11 is 0. The maximum absolute atomic E-state index is 11.9. The summed E-state index contributed by atoms with van der Waals surface area (Å²) in [6.45, 7) is 3.34. The lowest BCUT2D eigenvalue weighted by Gasteiger charge is -2.23. The largest absolute Gasteiger partial charge is 0.480 e. The number of aliphatic carboxylic acids is 1. The summed E-state index contributed by atoms with van der Waals surface area (Å²) in [5.74, 6) is -2.23. The first-order valence-corrected chi connectivity index (χ1v) is 6.36. The van der Waals surface area contributed by atoms with E-state index >= 15 is 0 Å². The number of carbonyl (C=O) groups excluding carboxylic acids is 1. The third kappa shape index (κ3) is 4.04. The number of carboxylic acids is 1. The molecule has 1 amide bonds. The van der Waals surface area contributed by atoms with E-state index in [2.05, 4.69) is 5.32 Å². The van der Waals surface area contributed by atoms with Crippen molar-refractivity contribution >= 4 is 11.9 Å². The van der Waals surface area contributed by atoms with Crippen molar-refractivity contribution in [3.63, 3.8) is 0 Å². The number of aliphatic hydroxyl groups excluding tert-OH is 1. The van der Waals surface area contributed by atoms with Crippen LogP contribution in [0.25, 0.3) is 0 Å². The summed E-state index contributed by atoms with van der Waals surface area (Å²) in [4.78, 5) is 22.9. The van der Waals surface area contributed by atoms with Crippen molar-refractivity contribution in [2.45, 2.75) is 32.0 Å². The van der Waals surface area contributed by atoms with Gasteiger partial charge in [-0.1, -0.05) is 44.2 Å². The normalized spacial score (nSPS) is 15.4. The Morgan fingerprint density at radius 3 is 2.20 bits per heavy atom. The van der Waals surface area contributed by atoms with Crippen LogP contribution in [0.1, 0.15) is 25.5 Å². The Labute approximate surface area is 117 Å². The van der Waals surface area contributed by atoms with Gasteiger partial charge < -0.3 is 21.3 Å². The second-order valence-corrected chi connectivity index (χ2v) is 4.95. The van der Waals surface area contributed by atoms with Crippen molar-refractivity contribution in [2.24, 2.45) is 11.7 Å². The quantitative estimate of drug-likeness (QED) is 0.597. The number of nitrogens with two attached hydrogens (primary N) is 1. The Hall–Kier alpha value is -1.92. The summed E-state index contributed by atoms with van der Waals surface area (Å²) in [6.07, 6.45) is -1.50. The summed E-state index contributed by atoms with van der Waals surface area (Å²) in [5.41, 5.74) is 6.41. The highest BCUT2D eigenvalue weighted by Crippen LogP contribution is 2.14. The molecular weight excluding hydrogens is 260 g/mol. The minimum atomic E-state index is -1.50. The number of hydrogen-bond acceptors (Lipinski definition) is 4. The van der Waals surface area contributed by atoms with E-state index in [1.165, 1.54) is 0 Å². The van der Waals surface area contributed by atoms with Crippen LogP contribution in [0.4, 0.5) is 0 Å². The van der Waals surface area contributed by atoms with Gasteiger partial charge in [0.2, 0.25) is 0 Å². The average Bonchev–Trinajstić information content (AvgIpc) is 2.43. The number of amides is 1. The lowest BCUT2D eigenvalue weighted by molar-refractivity contribution is -0.145. The zero-order valence-corrected chi connectivity index (χ0v) is 11.5. The molecule has 0 fully saturated rings. The molecule has 0 bridgehead atoms. The third-order valence-corrected chi connectivity index (χ3v) is 3.02. The van der Waals surface area contributed by atoms with Crippen LogP contribution in [0.3, 0.4) is 0 Å². The molecular formula is C14H20N2O4. The van der Waals surface area contributed by atoms with E-state index < -0.39 is 30.1 Å². The number of carboxylic acid groups (broad SMARTS) is 1. The van der Waals surface area contributed by atoms with Crippen LogP contribution in [-0.2, 0) is 9.59 Å². The van der Waals surface area contributed by atoms with Crippen molar-refractivity contribution in [2.75, 3.05) is 0 Å². The Kier molecular flexibility index (Phi) is 5.66. The van der Waals surface area contributed by atoms with E-state index in [0.717, 1.165) is 0 Å². The monoisotopic (exact) mass is 280 g/mol. The molecule has 1 rings (SSSR count). The fraction of sp³-hybridized carbons (Fsp3) is 0.429. The topological polar surface area (TPSA) is 113 Å². The third-order valence-electron chi connectivity index (χ3n) is 3.02. The Bertz CT molecular complexity index is 462. The van der Waals surface area contributed by atoms with Gasteiger partial charge in [-0.25, -0.2) is 4.79 Å². The van der Waals surface area contributed by atoms with Crippen LogP contribution in [0, 0.1) is 5.92 Å². The molecule has 0 aliphatic heterocycles. The highest BCUT2D eigenvalue weighted by molar-refractivity contribution is 5.86. The van der Waals surface area contributed by atoms with Gasteiger partial charge in [0, 0.05) is 0 Å². The summed E-state index contributed by atoms with van der Waals surface area (Å²) in [7, 11) is 0. The van der Waals surface area contributed by atoms with Gasteiger partial charge in [0.15, 0.2) is 6.10 Å². The molecule has 5 N–H and O–H groups in total. The van der Waals surface area contributed by atoms with Gasteiger partial charge in [-0.15, -0.1) is 0 Å². The van der Waals surface area contributed by atoms with Gasteiger partial charge in [-0.05, 0) is 11.5 Å². The maximum Gasteiger partial charge on any atom is 0.326 e. The lowest BCUT2D eigenvalue weighted by atomic mass is 10.00. The zero-order valence-electron chi connectivity index (χ0n) is 11.5. The molecule has 110 valence electrons. The predicted octanol–water partition coefficient (Wildman–Crippen LogP) is 0.273. The molecule has 20 heavy (non-hydrogen) atoms. The molecule has 6 heteroatoms. The Balaban J connectivity index is 2.74. The van der Waals surface area contributed by atoms with E-state index in [1.807, 2.05) is 0 Å². The van der Waals surface area contributed by atoms with Gasteiger partial charge in [-0.2, -0.15) is 0 Å². The number of benzene rings is 1. The maximum atomic E-state index is 11.9. The highest BCUT2D eigenvalue weighted by Gasteiger charge is 2.29. The minimum absolute atomic E-state index is 0.295. The average molecular weight is 280 g/mol. The van der Waals surface area contributed by atoms with Crippen molar-refractivity contribution in [3.05, 3.63) is 35.9 Å². The SMILES string of the molecule is CC(C)[C@H](NC(=O)[C@H](O)[C@@H](N)c1ccccc1)C(=O)O. The van der Waals surface area contributed by atoms with Gasteiger partial charge >= 0.3 is 5.97 Å². The summed E-state index contributed by atoms with van der Waals surface area (Å²) < 4.78 is 0. The number of aliphatic hydroxyl groups is 1. The van der Waals surface area contributed by atoms with Crippen LogP contribution in [0.5, 0.6) is 0 Å². The predicted molar refractivity (Wildman–Crippen MR) is 73.8 cm³/mol. The van der Waals surface area contributed by atoms with Crippen molar-refractivity contribution < 1.29 is 19.8 Å². The molecule has 0 saturated heterocycles. The molecule has 0 radical (unpaired) electrons.